The first-order chi connectivity index (χ1) is 10.1. The highest BCUT2D eigenvalue weighted by Gasteiger charge is 2.08. The molecule has 0 aliphatic carbocycles. The van der Waals surface area contributed by atoms with Crippen LogP contribution in [-0.4, -0.2) is 38.4 Å². The molecule has 1 amide bonds. The molecule has 0 spiro atoms. The van der Waals surface area contributed by atoms with Gasteiger partial charge >= 0.3 is 0 Å². The van der Waals surface area contributed by atoms with Crippen molar-refractivity contribution in [2.75, 3.05) is 6.54 Å². The number of carbonyl (C=O) groups is 1. The zero-order chi connectivity index (χ0) is 15.2. The molecular weight excluding hydrogens is 268 g/mol. The zero-order valence-electron chi connectivity index (χ0n) is 12.3. The summed E-state index contributed by atoms with van der Waals surface area (Å²) in [4.78, 5) is 16.1. The predicted octanol–water partition coefficient (Wildman–Crippen LogP) is 1.37. The number of carbonyl (C=O) groups excluding carboxylic acids is 1. The Morgan fingerprint density at radius 3 is 2.67 bits per heavy atom. The summed E-state index contributed by atoms with van der Waals surface area (Å²) < 4.78 is 1.63. The van der Waals surface area contributed by atoms with E-state index in [0.29, 0.717) is 30.8 Å². The first-order valence-corrected chi connectivity index (χ1v) is 7.02. The molecule has 2 aromatic rings. The quantitative estimate of drug-likeness (QED) is 0.841. The van der Waals surface area contributed by atoms with Crippen LogP contribution in [-0.2, 0) is 7.05 Å². The van der Waals surface area contributed by atoms with Crippen LogP contribution in [0.2, 0.25) is 0 Å². The van der Waals surface area contributed by atoms with Gasteiger partial charge in [0.1, 0.15) is 6.33 Å². The van der Waals surface area contributed by atoms with E-state index in [1.165, 1.54) is 0 Å². The fraction of sp³-hybridized carbons (Fsp3) is 0.400. The minimum atomic E-state index is -0.358. The largest absolute Gasteiger partial charge is 0.393 e. The second-order valence-electron chi connectivity index (χ2n) is 4.93. The Labute approximate surface area is 123 Å². The Hall–Kier alpha value is -2.21. The van der Waals surface area contributed by atoms with Crippen molar-refractivity contribution >= 4 is 5.91 Å². The Morgan fingerprint density at radius 2 is 2.10 bits per heavy atom. The van der Waals surface area contributed by atoms with Crippen LogP contribution in [0.3, 0.4) is 0 Å². The van der Waals surface area contributed by atoms with Crippen molar-refractivity contribution in [3.63, 3.8) is 0 Å². The van der Waals surface area contributed by atoms with E-state index < -0.39 is 0 Å². The summed E-state index contributed by atoms with van der Waals surface area (Å²) in [7, 11) is 1.81. The molecule has 0 aliphatic rings. The number of hydrogen-bond donors (Lipinski definition) is 2. The summed E-state index contributed by atoms with van der Waals surface area (Å²) in [5.41, 5.74) is 1.45. The molecule has 0 aliphatic heterocycles. The van der Waals surface area contributed by atoms with Gasteiger partial charge in [0, 0.05) is 24.7 Å². The Bertz CT molecular complexity index is 592. The number of nitrogens with one attached hydrogen (secondary N) is 1. The lowest BCUT2D eigenvalue weighted by molar-refractivity contribution is 0.0942. The van der Waals surface area contributed by atoms with Crippen molar-refractivity contribution < 1.29 is 9.90 Å². The van der Waals surface area contributed by atoms with Crippen LogP contribution in [0.25, 0.3) is 11.4 Å². The molecule has 6 heteroatoms. The molecule has 2 N–H and O–H groups in total. The summed E-state index contributed by atoms with van der Waals surface area (Å²) >= 11 is 0. The van der Waals surface area contributed by atoms with Crippen molar-refractivity contribution in [2.24, 2.45) is 7.05 Å². The average molecular weight is 288 g/mol. The van der Waals surface area contributed by atoms with Crippen LogP contribution in [0.5, 0.6) is 0 Å². The van der Waals surface area contributed by atoms with Gasteiger partial charge in [-0.05, 0) is 25.0 Å². The summed E-state index contributed by atoms with van der Waals surface area (Å²) in [6, 6.07) is 7.14. The van der Waals surface area contributed by atoms with Crippen LogP contribution in [0, 0.1) is 0 Å². The minimum absolute atomic E-state index is 0.140. The van der Waals surface area contributed by atoms with E-state index in [1.54, 1.807) is 23.1 Å². The highest BCUT2D eigenvalue weighted by Crippen LogP contribution is 2.14. The number of aromatic nitrogens is 3. The molecule has 1 atom stereocenters. The maximum Gasteiger partial charge on any atom is 0.251 e. The van der Waals surface area contributed by atoms with Crippen molar-refractivity contribution in [3.8, 4) is 11.4 Å². The van der Waals surface area contributed by atoms with Gasteiger partial charge in [-0.1, -0.05) is 19.1 Å². The van der Waals surface area contributed by atoms with Gasteiger partial charge in [0.25, 0.3) is 5.91 Å². The van der Waals surface area contributed by atoms with E-state index in [2.05, 4.69) is 15.4 Å². The summed E-state index contributed by atoms with van der Waals surface area (Å²) in [5, 5.41) is 16.4. The van der Waals surface area contributed by atoms with Gasteiger partial charge in [0.05, 0.1) is 6.10 Å². The first-order valence-electron chi connectivity index (χ1n) is 7.02. The second kappa shape index (κ2) is 6.99. The summed E-state index contributed by atoms with van der Waals surface area (Å²) in [5.74, 6) is 0.495. The molecule has 1 aromatic heterocycles. The predicted molar refractivity (Wildman–Crippen MR) is 79.7 cm³/mol. The van der Waals surface area contributed by atoms with Crippen LogP contribution in [0.15, 0.2) is 30.6 Å². The maximum atomic E-state index is 11.9. The van der Waals surface area contributed by atoms with Crippen LogP contribution in [0.4, 0.5) is 0 Å². The van der Waals surface area contributed by atoms with Crippen molar-refractivity contribution in [1.29, 1.82) is 0 Å². The van der Waals surface area contributed by atoms with E-state index in [9.17, 15) is 9.90 Å². The van der Waals surface area contributed by atoms with Gasteiger partial charge in [-0.2, -0.15) is 5.10 Å². The van der Waals surface area contributed by atoms with Crippen LogP contribution >= 0.6 is 0 Å². The number of hydrogen-bond acceptors (Lipinski definition) is 4. The fourth-order valence-corrected chi connectivity index (χ4v) is 1.90. The van der Waals surface area contributed by atoms with Gasteiger partial charge in [-0.15, -0.1) is 0 Å². The fourth-order valence-electron chi connectivity index (χ4n) is 1.90. The highest BCUT2D eigenvalue weighted by molar-refractivity contribution is 5.94. The second-order valence-corrected chi connectivity index (χ2v) is 4.93. The van der Waals surface area contributed by atoms with Gasteiger partial charge in [0.15, 0.2) is 5.82 Å². The van der Waals surface area contributed by atoms with Gasteiger partial charge in [-0.3, -0.25) is 9.48 Å². The molecule has 0 fully saturated rings. The number of amides is 1. The standard InChI is InChI=1S/C15H20N4O2/c1-3-13(20)8-9-16-15(21)12-6-4-11(5-7-12)14-17-10-19(2)18-14/h4-7,10,13,20H,3,8-9H2,1-2H3,(H,16,21). The van der Waals surface area contributed by atoms with Gasteiger partial charge in [0.2, 0.25) is 0 Å². The molecule has 2 rings (SSSR count). The number of nitrogens with zero attached hydrogens (tertiary/aromatic N) is 3. The molecule has 21 heavy (non-hydrogen) atoms. The molecule has 1 unspecified atom stereocenters. The molecule has 6 nitrogen and oxygen atoms in total. The summed E-state index contributed by atoms with van der Waals surface area (Å²) in [6.07, 6.45) is 2.54. The van der Waals surface area contributed by atoms with E-state index >= 15 is 0 Å². The SMILES string of the molecule is CCC(O)CCNC(=O)c1ccc(-c2ncn(C)n2)cc1. The van der Waals surface area contributed by atoms with Gasteiger partial charge in [-0.25, -0.2) is 4.98 Å². The van der Waals surface area contributed by atoms with E-state index in [4.69, 9.17) is 0 Å². The molecule has 0 radical (unpaired) electrons. The lowest BCUT2D eigenvalue weighted by Gasteiger charge is -2.09. The normalized spacial score (nSPS) is 12.1. The molecule has 112 valence electrons. The smallest absolute Gasteiger partial charge is 0.251 e. The minimum Gasteiger partial charge on any atom is -0.393 e. The van der Waals surface area contributed by atoms with E-state index in [1.807, 2.05) is 26.1 Å². The molecule has 0 saturated carbocycles. The highest BCUT2D eigenvalue weighted by atomic mass is 16.3. The third-order valence-corrected chi connectivity index (χ3v) is 3.24. The third-order valence-electron chi connectivity index (χ3n) is 3.24. The number of aliphatic hydroxyl groups is 1. The Kier molecular flexibility index (Phi) is 5.05. The molecule has 0 saturated heterocycles. The number of rotatable bonds is 6. The van der Waals surface area contributed by atoms with Crippen molar-refractivity contribution in [3.05, 3.63) is 36.2 Å². The van der Waals surface area contributed by atoms with Crippen LogP contribution in [0.1, 0.15) is 30.1 Å². The lowest BCUT2D eigenvalue weighted by Crippen LogP contribution is -2.26. The monoisotopic (exact) mass is 288 g/mol. The first kappa shape index (κ1) is 15.2. The van der Waals surface area contributed by atoms with Crippen molar-refractivity contribution in [1.82, 2.24) is 20.1 Å². The molecule has 1 heterocycles. The van der Waals surface area contributed by atoms with E-state index in [-0.39, 0.29) is 12.0 Å². The summed E-state index contributed by atoms with van der Waals surface area (Å²) in [6.45, 7) is 2.38. The molecule has 1 aromatic carbocycles. The molecular formula is C15H20N4O2. The lowest BCUT2D eigenvalue weighted by atomic mass is 10.1. The van der Waals surface area contributed by atoms with Crippen LogP contribution < -0.4 is 5.32 Å². The molecule has 0 bridgehead atoms. The number of aliphatic hydroxyl groups excluding tert-OH is 1. The van der Waals surface area contributed by atoms with Crippen molar-refractivity contribution in [2.45, 2.75) is 25.9 Å². The topological polar surface area (TPSA) is 80.0 Å². The average Bonchev–Trinajstić information content (AvgIpc) is 2.93. The van der Waals surface area contributed by atoms with Gasteiger partial charge < -0.3 is 10.4 Å². The van der Waals surface area contributed by atoms with E-state index in [0.717, 1.165) is 5.56 Å². The number of benzene rings is 1. The Balaban J connectivity index is 1.94. The number of aryl methyl sites for hydroxylation is 1. The Morgan fingerprint density at radius 1 is 1.38 bits per heavy atom. The zero-order valence-corrected chi connectivity index (χ0v) is 12.3. The third kappa shape index (κ3) is 4.13. The maximum absolute atomic E-state index is 11.9.